The molecule has 0 fully saturated rings. The van der Waals surface area contributed by atoms with Gasteiger partial charge in [0.15, 0.2) is 0 Å². The van der Waals surface area contributed by atoms with E-state index in [1.165, 1.54) is 0 Å². The first-order valence-corrected chi connectivity index (χ1v) is 5.74. The second-order valence-electron chi connectivity index (χ2n) is 4.50. The molecule has 16 heavy (non-hydrogen) atoms. The van der Waals surface area contributed by atoms with Gasteiger partial charge in [0, 0.05) is 0 Å². The Bertz CT molecular complexity index is 394. The van der Waals surface area contributed by atoms with Gasteiger partial charge in [0.05, 0.1) is 4.47 Å². The standard InChI is InChI=1S/C12H15BrO3/c1-8-5-6-10(9(13)7-8)15-11(14)16-12(2,3)4/h5-7H,1-4H3. The number of benzene rings is 1. The van der Waals surface area contributed by atoms with Crippen LogP contribution in [0.2, 0.25) is 0 Å². The first-order valence-electron chi connectivity index (χ1n) is 4.95. The van der Waals surface area contributed by atoms with Crippen LogP contribution in [0, 0.1) is 6.92 Å². The summed E-state index contributed by atoms with van der Waals surface area (Å²) in [6.07, 6.45) is -0.697. The lowest BCUT2D eigenvalue weighted by Crippen LogP contribution is -2.26. The van der Waals surface area contributed by atoms with Crippen molar-refractivity contribution in [2.45, 2.75) is 33.3 Å². The van der Waals surface area contributed by atoms with Crippen LogP contribution < -0.4 is 4.74 Å². The molecule has 3 nitrogen and oxygen atoms in total. The molecule has 0 aliphatic heterocycles. The Morgan fingerprint density at radius 2 is 1.94 bits per heavy atom. The molecule has 88 valence electrons. The molecule has 4 heteroatoms. The lowest BCUT2D eigenvalue weighted by atomic mass is 10.2. The molecule has 0 unspecified atom stereocenters. The number of carbonyl (C=O) groups is 1. The molecule has 1 aromatic rings. The number of carbonyl (C=O) groups excluding carboxylic acids is 1. The highest BCUT2D eigenvalue weighted by molar-refractivity contribution is 9.10. The molecule has 0 radical (unpaired) electrons. The monoisotopic (exact) mass is 286 g/mol. The van der Waals surface area contributed by atoms with Crippen molar-refractivity contribution < 1.29 is 14.3 Å². The molecule has 0 aliphatic rings. The Morgan fingerprint density at radius 1 is 1.31 bits per heavy atom. The van der Waals surface area contributed by atoms with Crippen LogP contribution in [0.4, 0.5) is 4.79 Å². The Morgan fingerprint density at radius 3 is 2.44 bits per heavy atom. The fraction of sp³-hybridized carbons (Fsp3) is 0.417. The molecule has 0 aliphatic carbocycles. The van der Waals surface area contributed by atoms with Crippen molar-refractivity contribution in [3.63, 3.8) is 0 Å². The number of hydrogen-bond donors (Lipinski definition) is 0. The molecule has 0 spiro atoms. The average Bonchev–Trinajstić information content (AvgIpc) is 2.06. The second kappa shape index (κ2) is 4.87. The third-order valence-corrected chi connectivity index (χ3v) is 2.29. The molecule has 0 N–H and O–H groups in total. The Kier molecular flexibility index (Phi) is 3.97. The Hall–Kier alpha value is -1.03. The number of aryl methyl sites for hydroxylation is 1. The van der Waals surface area contributed by atoms with E-state index in [1.807, 2.05) is 19.1 Å². The zero-order chi connectivity index (χ0) is 12.3. The average molecular weight is 287 g/mol. The number of rotatable bonds is 1. The van der Waals surface area contributed by atoms with Crippen molar-refractivity contribution in [2.75, 3.05) is 0 Å². The highest BCUT2D eigenvalue weighted by atomic mass is 79.9. The summed E-state index contributed by atoms with van der Waals surface area (Å²) in [4.78, 5) is 11.4. The highest BCUT2D eigenvalue weighted by Crippen LogP contribution is 2.26. The van der Waals surface area contributed by atoms with Gasteiger partial charge in [0.25, 0.3) is 0 Å². The minimum atomic E-state index is -0.697. The maximum atomic E-state index is 11.4. The van der Waals surface area contributed by atoms with Gasteiger partial charge in [-0.05, 0) is 61.3 Å². The van der Waals surface area contributed by atoms with Crippen molar-refractivity contribution >= 4 is 22.1 Å². The van der Waals surface area contributed by atoms with Crippen molar-refractivity contribution in [1.29, 1.82) is 0 Å². The summed E-state index contributed by atoms with van der Waals surface area (Å²) in [6.45, 7) is 7.33. The van der Waals surface area contributed by atoms with Crippen molar-refractivity contribution in [2.24, 2.45) is 0 Å². The summed E-state index contributed by atoms with van der Waals surface area (Å²) in [5.41, 5.74) is 0.539. The van der Waals surface area contributed by atoms with E-state index in [1.54, 1.807) is 26.8 Å². The van der Waals surface area contributed by atoms with Gasteiger partial charge >= 0.3 is 6.16 Å². The normalized spacial score (nSPS) is 11.1. The van der Waals surface area contributed by atoms with Gasteiger partial charge in [-0.2, -0.15) is 0 Å². The van der Waals surface area contributed by atoms with E-state index < -0.39 is 11.8 Å². The maximum absolute atomic E-state index is 11.4. The predicted molar refractivity (Wildman–Crippen MR) is 65.7 cm³/mol. The summed E-state index contributed by atoms with van der Waals surface area (Å²) >= 11 is 3.32. The van der Waals surface area contributed by atoms with E-state index in [0.717, 1.165) is 10.0 Å². The van der Waals surface area contributed by atoms with E-state index in [0.29, 0.717) is 5.75 Å². The molecule has 0 bridgehead atoms. The zero-order valence-corrected chi connectivity index (χ0v) is 11.4. The zero-order valence-electron chi connectivity index (χ0n) is 9.83. The fourth-order valence-electron chi connectivity index (χ4n) is 1.05. The Balaban J connectivity index is 2.70. The molecule has 0 saturated heterocycles. The van der Waals surface area contributed by atoms with Gasteiger partial charge in [0.1, 0.15) is 11.4 Å². The van der Waals surface area contributed by atoms with Gasteiger partial charge in [-0.25, -0.2) is 4.79 Å². The number of hydrogen-bond acceptors (Lipinski definition) is 3. The first kappa shape index (κ1) is 13.0. The van der Waals surface area contributed by atoms with Gasteiger partial charge in [-0.15, -0.1) is 0 Å². The summed E-state index contributed by atoms with van der Waals surface area (Å²) in [5, 5.41) is 0. The van der Waals surface area contributed by atoms with Crippen LogP contribution in [-0.2, 0) is 4.74 Å². The summed E-state index contributed by atoms with van der Waals surface area (Å²) < 4.78 is 10.8. The quantitative estimate of drug-likeness (QED) is 0.577. The Labute approximate surface area is 104 Å². The van der Waals surface area contributed by atoms with Crippen LogP contribution in [0.5, 0.6) is 5.75 Å². The first-order chi connectivity index (χ1) is 7.28. The van der Waals surface area contributed by atoms with Crippen molar-refractivity contribution in [3.8, 4) is 5.75 Å². The third-order valence-electron chi connectivity index (χ3n) is 1.67. The topological polar surface area (TPSA) is 35.5 Å². The van der Waals surface area contributed by atoms with Gasteiger partial charge < -0.3 is 9.47 Å². The predicted octanol–water partition coefficient (Wildman–Crippen LogP) is 4.07. The molecule has 1 aromatic carbocycles. The maximum Gasteiger partial charge on any atom is 0.514 e. The summed E-state index contributed by atoms with van der Waals surface area (Å²) in [7, 11) is 0. The molecule has 1 rings (SSSR count). The highest BCUT2D eigenvalue weighted by Gasteiger charge is 2.18. The van der Waals surface area contributed by atoms with Crippen molar-refractivity contribution in [3.05, 3.63) is 28.2 Å². The van der Waals surface area contributed by atoms with Gasteiger partial charge in [-0.3, -0.25) is 0 Å². The van der Waals surface area contributed by atoms with E-state index in [9.17, 15) is 4.79 Å². The van der Waals surface area contributed by atoms with E-state index in [4.69, 9.17) is 9.47 Å². The van der Waals surface area contributed by atoms with Gasteiger partial charge in [-0.1, -0.05) is 6.07 Å². The summed E-state index contributed by atoms with van der Waals surface area (Å²) in [5.74, 6) is 0.458. The number of ether oxygens (including phenoxy) is 2. The molecular formula is C12H15BrO3. The fourth-order valence-corrected chi connectivity index (χ4v) is 1.62. The molecule has 0 atom stereocenters. The van der Waals surface area contributed by atoms with E-state index >= 15 is 0 Å². The van der Waals surface area contributed by atoms with Crippen LogP contribution in [0.1, 0.15) is 26.3 Å². The third kappa shape index (κ3) is 4.23. The van der Waals surface area contributed by atoms with E-state index in [-0.39, 0.29) is 0 Å². The molecule has 0 saturated carbocycles. The van der Waals surface area contributed by atoms with Crippen LogP contribution in [-0.4, -0.2) is 11.8 Å². The minimum absolute atomic E-state index is 0.458. The van der Waals surface area contributed by atoms with E-state index in [2.05, 4.69) is 15.9 Å². The lowest BCUT2D eigenvalue weighted by Gasteiger charge is -2.18. The largest absolute Gasteiger partial charge is 0.514 e. The SMILES string of the molecule is Cc1ccc(OC(=O)OC(C)(C)C)c(Br)c1. The molecular weight excluding hydrogens is 272 g/mol. The second-order valence-corrected chi connectivity index (χ2v) is 5.35. The van der Waals surface area contributed by atoms with Crippen molar-refractivity contribution in [1.82, 2.24) is 0 Å². The molecule has 0 aromatic heterocycles. The van der Waals surface area contributed by atoms with Crippen LogP contribution >= 0.6 is 15.9 Å². The minimum Gasteiger partial charge on any atom is -0.428 e. The summed E-state index contributed by atoms with van der Waals surface area (Å²) in [6, 6.07) is 5.47. The van der Waals surface area contributed by atoms with Crippen LogP contribution in [0.15, 0.2) is 22.7 Å². The number of halogens is 1. The molecule has 0 heterocycles. The van der Waals surface area contributed by atoms with Gasteiger partial charge in [0.2, 0.25) is 0 Å². The molecule has 0 amide bonds. The lowest BCUT2D eigenvalue weighted by molar-refractivity contribution is 0.0205. The smallest absolute Gasteiger partial charge is 0.428 e. The van der Waals surface area contributed by atoms with Crippen LogP contribution in [0.3, 0.4) is 0 Å². The van der Waals surface area contributed by atoms with Crippen LogP contribution in [0.25, 0.3) is 0 Å².